The third-order valence-corrected chi connectivity index (χ3v) is 2.24. The van der Waals surface area contributed by atoms with Crippen LogP contribution in [0, 0.1) is 13.8 Å². The van der Waals surface area contributed by atoms with Crippen LogP contribution in [0.1, 0.15) is 27.3 Å². The van der Waals surface area contributed by atoms with Gasteiger partial charge in [0.2, 0.25) is 0 Å². The quantitative estimate of drug-likeness (QED) is 0.759. The van der Waals surface area contributed by atoms with Gasteiger partial charge >= 0.3 is 5.97 Å². The number of hydrogen-bond donors (Lipinski definition) is 2. The molecule has 0 saturated heterocycles. The van der Waals surface area contributed by atoms with E-state index < -0.39 is 5.97 Å². The van der Waals surface area contributed by atoms with E-state index in [-0.39, 0.29) is 0 Å². The summed E-state index contributed by atoms with van der Waals surface area (Å²) in [4.78, 5) is 13.9. The molecule has 0 amide bonds. The van der Waals surface area contributed by atoms with E-state index in [0.717, 1.165) is 11.3 Å². The van der Waals surface area contributed by atoms with Gasteiger partial charge in [0.05, 0.1) is 5.56 Å². The number of carboxylic acid groups (broad SMARTS) is 1. The smallest absolute Gasteiger partial charge is 0.337 e. The Hall–Kier alpha value is -1.22. The van der Waals surface area contributed by atoms with E-state index >= 15 is 0 Å². The van der Waals surface area contributed by atoms with Crippen LogP contribution in [-0.2, 0) is 0 Å². The van der Waals surface area contributed by atoms with Gasteiger partial charge in [-0.15, -0.1) is 11.6 Å². The molecule has 0 spiro atoms. The normalized spacial score (nSPS) is 11.1. The fourth-order valence-electron chi connectivity index (χ4n) is 1.42. The molecule has 0 aromatic carbocycles. The summed E-state index contributed by atoms with van der Waals surface area (Å²) in [6, 6.07) is 0. The highest BCUT2D eigenvalue weighted by Gasteiger charge is 2.15. The molecule has 1 rings (SSSR count). The Morgan fingerprint density at radius 3 is 2.64 bits per heavy atom. The van der Waals surface area contributed by atoms with Crippen LogP contribution in [0.5, 0.6) is 0 Å². The van der Waals surface area contributed by atoms with Crippen molar-refractivity contribution in [2.24, 2.45) is 0 Å². The zero-order valence-electron chi connectivity index (χ0n) is 8.10. The molecule has 0 fully saturated rings. The van der Waals surface area contributed by atoms with Crippen molar-refractivity contribution in [3.8, 4) is 0 Å². The van der Waals surface area contributed by atoms with Crippen molar-refractivity contribution in [1.82, 2.24) is 4.98 Å². The van der Waals surface area contributed by atoms with Crippen LogP contribution in [-0.4, -0.2) is 21.9 Å². The summed E-state index contributed by atoms with van der Waals surface area (Å²) in [5.74, 6) is -0.485. The Labute approximate surface area is 87.4 Å². The Bertz CT molecular complexity index is 380. The number of halogens is 1. The van der Waals surface area contributed by atoms with Crippen LogP contribution in [0.2, 0.25) is 0 Å². The monoisotopic (exact) mass is 213 g/mol. The number of nitrogens with one attached hydrogen (secondary N) is 1. The lowest BCUT2D eigenvalue weighted by Crippen LogP contribution is -1.98. The molecule has 0 atom stereocenters. The van der Waals surface area contributed by atoms with Gasteiger partial charge in [0.25, 0.3) is 0 Å². The van der Waals surface area contributed by atoms with E-state index in [9.17, 15) is 4.79 Å². The Morgan fingerprint density at radius 1 is 1.57 bits per heavy atom. The zero-order valence-corrected chi connectivity index (χ0v) is 8.85. The third-order valence-electron chi connectivity index (χ3n) is 2.06. The molecular weight excluding hydrogens is 202 g/mol. The van der Waals surface area contributed by atoms with Gasteiger partial charge in [-0.2, -0.15) is 0 Å². The van der Waals surface area contributed by atoms with Gasteiger partial charge in [0, 0.05) is 17.3 Å². The summed E-state index contributed by atoms with van der Waals surface area (Å²) >= 11 is 5.50. The second kappa shape index (κ2) is 4.33. The van der Waals surface area contributed by atoms with E-state index in [0.29, 0.717) is 17.1 Å². The number of carbonyl (C=O) groups is 1. The molecule has 1 aromatic heterocycles. The Morgan fingerprint density at radius 2 is 2.21 bits per heavy atom. The molecule has 2 N–H and O–H groups in total. The van der Waals surface area contributed by atoms with Crippen molar-refractivity contribution < 1.29 is 9.90 Å². The standard InChI is InChI=1S/C10H12ClNO2/c1-6-8(4-3-5-11)12-7(2)9(6)10(13)14/h3-4,12H,5H2,1-2H3,(H,13,14). The predicted molar refractivity (Wildman–Crippen MR) is 57.0 cm³/mol. The van der Waals surface area contributed by atoms with Crippen molar-refractivity contribution in [2.45, 2.75) is 13.8 Å². The van der Waals surface area contributed by atoms with E-state index in [1.165, 1.54) is 0 Å². The van der Waals surface area contributed by atoms with E-state index in [1.54, 1.807) is 26.0 Å². The number of aromatic nitrogens is 1. The van der Waals surface area contributed by atoms with Crippen LogP contribution in [0.4, 0.5) is 0 Å². The van der Waals surface area contributed by atoms with Crippen molar-refractivity contribution in [1.29, 1.82) is 0 Å². The lowest BCUT2D eigenvalue weighted by atomic mass is 10.1. The molecule has 0 radical (unpaired) electrons. The average Bonchev–Trinajstić information content (AvgIpc) is 2.38. The van der Waals surface area contributed by atoms with Crippen molar-refractivity contribution >= 4 is 23.6 Å². The third kappa shape index (κ3) is 1.99. The molecule has 1 aromatic rings. The second-order valence-corrected chi connectivity index (χ2v) is 3.33. The molecule has 76 valence electrons. The SMILES string of the molecule is Cc1[nH]c(C=CCCl)c(C)c1C(=O)O. The number of H-pyrrole nitrogens is 1. The van der Waals surface area contributed by atoms with Crippen LogP contribution in [0.15, 0.2) is 6.08 Å². The number of alkyl halides is 1. The molecule has 0 aliphatic rings. The molecule has 0 aliphatic carbocycles. The zero-order chi connectivity index (χ0) is 10.7. The summed E-state index contributed by atoms with van der Waals surface area (Å²) in [6.45, 7) is 3.52. The van der Waals surface area contributed by atoms with Gasteiger partial charge < -0.3 is 10.1 Å². The number of allylic oxidation sites excluding steroid dienone is 1. The lowest BCUT2D eigenvalue weighted by Gasteiger charge is -1.93. The first-order chi connectivity index (χ1) is 6.57. The average molecular weight is 214 g/mol. The van der Waals surface area contributed by atoms with Crippen LogP contribution in [0.3, 0.4) is 0 Å². The molecule has 3 nitrogen and oxygen atoms in total. The molecule has 14 heavy (non-hydrogen) atoms. The Balaban J connectivity index is 3.17. The molecular formula is C10H12ClNO2. The highest BCUT2D eigenvalue weighted by Crippen LogP contribution is 2.18. The van der Waals surface area contributed by atoms with E-state index in [1.807, 2.05) is 0 Å². The number of rotatable bonds is 3. The fourth-order valence-corrected chi connectivity index (χ4v) is 1.51. The number of aromatic carboxylic acids is 1. The summed E-state index contributed by atoms with van der Waals surface area (Å²) in [7, 11) is 0. The highest BCUT2D eigenvalue weighted by molar-refractivity contribution is 6.19. The minimum absolute atomic E-state index is 0.347. The summed E-state index contributed by atoms with van der Waals surface area (Å²) in [6.07, 6.45) is 3.56. The Kier molecular flexibility index (Phi) is 3.36. The van der Waals surface area contributed by atoms with Gasteiger partial charge in [-0.3, -0.25) is 0 Å². The van der Waals surface area contributed by atoms with Crippen LogP contribution >= 0.6 is 11.6 Å². The molecule has 4 heteroatoms. The molecule has 0 bridgehead atoms. The maximum Gasteiger partial charge on any atom is 0.337 e. The summed E-state index contributed by atoms with van der Waals surface area (Å²) in [5.41, 5.74) is 2.57. The van der Waals surface area contributed by atoms with Gasteiger partial charge in [0.1, 0.15) is 0 Å². The maximum atomic E-state index is 10.9. The number of hydrogen-bond acceptors (Lipinski definition) is 1. The predicted octanol–water partition coefficient (Wildman–Crippen LogP) is 2.58. The molecule has 1 heterocycles. The van der Waals surface area contributed by atoms with Crippen LogP contribution < -0.4 is 0 Å². The number of aryl methyl sites for hydroxylation is 1. The first-order valence-corrected chi connectivity index (χ1v) is 4.76. The van der Waals surface area contributed by atoms with Gasteiger partial charge in [-0.1, -0.05) is 6.08 Å². The van der Waals surface area contributed by atoms with Gasteiger partial charge in [-0.25, -0.2) is 4.79 Å². The minimum atomic E-state index is -0.901. The van der Waals surface area contributed by atoms with Crippen molar-refractivity contribution in [3.63, 3.8) is 0 Å². The molecule has 0 aliphatic heterocycles. The highest BCUT2D eigenvalue weighted by atomic mass is 35.5. The first kappa shape index (κ1) is 10.9. The largest absolute Gasteiger partial charge is 0.478 e. The van der Waals surface area contributed by atoms with E-state index in [2.05, 4.69) is 4.98 Å². The van der Waals surface area contributed by atoms with E-state index in [4.69, 9.17) is 16.7 Å². The van der Waals surface area contributed by atoms with Crippen LogP contribution in [0.25, 0.3) is 6.08 Å². The summed E-state index contributed by atoms with van der Waals surface area (Å²) < 4.78 is 0. The van der Waals surface area contributed by atoms with Crippen molar-refractivity contribution in [2.75, 3.05) is 5.88 Å². The van der Waals surface area contributed by atoms with Crippen molar-refractivity contribution in [3.05, 3.63) is 28.6 Å². The second-order valence-electron chi connectivity index (χ2n) is 3.03. The van der Waals surface area contributed by atoms with Gasteiger partial charge in [-0.05, 0) is 25.5 Å². The first-order valence-electron chi connectivity index (χ1n) is 4.23. The summed E-state index contributed by atoms with van der Waals surface area (Å²) in [5, 5.41) is 8.92. The fraction of sp³-hybridized carbons (Fsp3) is 0.300. The topological polar surface area (TPSA) is 53.1 Å². The maximum absolute atomic E-state index is 10.9. The number of aromatic amines is 1. The number of carboxylic acids is 1. The van der Waals surface area contributed by atoms with Gasteiger partial charge in [0.15, 0.2) is 0 Å². The molecule has 0 saturated carbocycles. The lowest BCUT2D eigenvalue weighted by molar-refractivity contribution is 0.0695. The minimum Gasteiger partial charge on any atom is -0.478 e. The molecule has 0 unspecified atom stereocenters.